The van der Waals surface area contributed by atoms with Gasteiger partial charge in [0.15, 0.2) is 0 Å². The van der Waals surface area contributed by atoms with E-state index in [-0.39, 0.29) is 0 Å². The third-order valence-corrected chi connectivity index (χ3v) is 5.98. The Morgan fingerprint density at radius 2 is 1.94 bits per heavy atom. The first kappa shape index (κ1) is 14.2. The molecule has 2 rings (SSSR count). The van der Waals surface area contributed by atoms with Crippen LogP contribution in [0, 0.1) is 0 Å². The molecule has 0 aromatic carbocycles. The maximum atomic E-state index is 12.5. The summed E-state index contributed by atoms with van der Waals surface area (Å²) < 4.78 is 28.2. The second-order valence-electron chi connectivity index (χ2n) is 5.21. The Labute approximate surface area is 111 Å². The number of likely N-dealkylation sites (N-methyl/N-ethyl adjacent to an activating group) is 1. The third kappa shape index (κ3) is 3.23. The lowest BCUT2D eigenvalue weighted by atomic mass is 10.1. The molecule has 1 atom stereocenters. The molecule has 2 heterocycles. The van der Waals surface area contributed by atoms with Crippen LogP contribution in [0.3, 0.4) is 0 Å². The fourth-order valence-electron chi connectivity index (χ4n) is 2.79. The molecule has 106 valence electrons. The van der Waals surface area contributed by atoms with Crippen LogP contribution in [0.1, 0.15) is 39.0 Å². The molecule has 0 aromatic heterocycles. The molecular formula is C12H25N3O2S. The van der Waals surface area contributed by atoms with Gasteiger partial charge in [-0.2, -0.15) is 17.0 Å². The van der Waals surface area contributed by atoms with E-state index in [1.54, 1.807) is 8.61 Å². The molecule has 6 heteroatoms. The summed E-state index contributed by atoms with van der Waals surface area (Å²) in [6.07, 6.45) is 5.50. The standard InChI is InChI=1S/C12H25N3O2S/c1-2-14(11-12-7-3-4-8-13-12)18(16,17)15-9-5-6-10-15/h12-13H,2-11H2,1H3. The molecule has 0 amide bonds. The highest BCUT2D eigenvalue weighted by molar-refractivity contribution is 7.86. The van der Waals surface area contributed by atoms with E-state index in [1.165, 1.54) is 12.8 Å². The average molecular weight is 275 g/mol. The minimum absolute atomic E-state index is 0.330. The number of hydrogen-bond acceptors (Lipinski definition) is 3. The molecule has 2 fully saturated rings. The maximum absolute atomic E-state index is 12.5. The van der Waals surface area contributed by atoms with Gasteiger partial charge in [0, 0.05) is 32.2 Å². The van der Waals surface area contributed by atoms with Crippen molar-refractivity contribution in [2.45, 2.75) is 45.1 Å². The number of piperidine rings is 1. The van der Waals surface area contributed by atoms with Crippen molar-refractivity contribution in [2.24, 2.45) is 0 Å². The maximum Gasteiger partial charge on any atom is 0.282 e. The van der Waals surface area contributed by atoms with Crippen LogP contribution in [-0.4, -0.2) is 55.8 Å². The Bertz CT molecular complexity index is 346. The van der Waals surface area contributed by atoms with Crippen LogP contribution in [-0.2, 0) is 10.2 Å². The van der Waals surface area contributed by atoms with E-state index in [2.05, 4.69) is 5.32 Å². The van der Waals surface area contributed by atoms with Gasteiger partial charge in [0.25, 0.3) is 10.2 Å². The van der Waals surface area contributed by atoms with Crippen molar-refractivity contribution < 1.29 is 8.42 Å². The molecule has 0 radical (unpaired) electrons. The molecule has 1 N–H and O–H groups in total. The lowest BCUT2D eigenvalue weighted by molar-refractivity contribution is 0.302. The molecule has 2 saturated heterocycles. The van der Waals surface area contributed by atoms with Crippen molar-refractivity contribution in [3.8, 4) is 0 Å². The summed E-state index contributed by atoms with van der Waals surface area (Å²) in [5.74, 6) is 0. The van der Waals surface area contributed by atoms with E-state index >= 15 is 0 Å². The Kier molecular flexibility index (Phi) is 5.00. The summed E-state index contributed by atoms with van der Waals surface area (Å²) in [6.45, 7) is 5.52. The van der Waals surface area contributed by atoms with Gasteiger partial charge in [-0.1, -0.05) is 13.3 Å². The van der Waals surface area contributed by atoms with E-state index < -0.39 is 10.2 Å². The van der Waals surface area contributed by atoms with E-state index in [1.807, 2.05) is 6.92 Å². The van der Waals surface area contributed by atoms with Crippen molar-refractivity contribution in [3.05, 3.63) is 0 Å². The fraction of sp³-hybridized carbons (Fsp3) is 1.00. The molecule has 2 aliphatic rings. The lowest BCUT2D eigenvalue weighted by Gasteiger charge is -2.31. The van der Waals surface area contributed by atoms with Crippen molar-refractivity contribution in [2.75, 3.05) is 32.7 Å². The van der Waals surface area contributed by atoms with Crippen LogP contribution in [0.15, 0.2) is 0 Å². The fourth-order valence-corrected chi connectivity index (χ4v) is 4.54. The minimum atomic E-state index is -3.22. The Morgan fingerprint density at radius 3 is 2.50 bits per heavy atom. The van der Waals surface area contributed by atoms with E-state index in [9.17, 15) is 8.42 Å². The number of hydrogen-bond donors (Lipinski definition) is 1. The average Bonchev–Trinajstić information content (AvgIpc) is 2.91. The van der Waals surface area contributed by atoms with Crippen LogP contribution >= 0.6 is 0 Å². The van der Waals surface area contributed by atoms with Gasteiger partial charge in [-0.25, -0.2) is 0 Å². The van der Waals surface area contributed by atoms with Gasteiger partial charge in [-0.15, -0.1) is 0 Å². The van der Waals surface area contributed by atoms with Gasteiger partial charge in [-0.05, 0) is 32.2 Å². The van der Waals surface area contributed by atoms with Crippen molar-refractivity contribution >= 4 is 10.2 Å². The first-order valence-electron chi connectivity index (χ1n) is 7.13. The molecule has 2 aliphatic heterocycles. The zero-order chi connectivity index (χ0) is 13.0. The first-order valence-corrected chi connectivity index (χ1v) is 8.53. The van der Waals surface area contributed by atoms with Gasteiger partial charge in [0.2, 0.25) is 0 Å². The summed E-state index contributed by atoms with van der Waals surface area (Å²) >= 11 is 0. The Balaban J connectivity index is 1.97. The summed E-state index contributed by atoms with van der Waals surface area (Å²) in [5.41, 5.74) is 0. The van der Waals surface area contributed by atoms with Gasteiger partial charge in [0.1, 0.15) is 0 Å². The second kappa shape index (κ2) is 6.32. The topological polar surface area (TPSA) is 52.7 Å². The van der Waals surface area contributed by atoms with Gasteiger partial charge < -0.3 is 5.32 Å². The van der Waals surface area contributed by atoms with Crippen LogP contribution in [0.5, 0.6) is 0 Å². The molecular weight excluding hydrogens is 250 g/mol. The van der Waals surface area contributed by atoms with Crippen LogP contribution < -0.4 is 5.32 Å². The lowest BCUT2D eigenvalue weighted by Crippen LogP contribution is -2.49. The highest BCUT2D eigenvalue weighted by Crippen LogP contribution is 2.18. The van der Waals surface area contributed by atoms with Gasteiger partial charge >= 0.3 is 0 Å². The summed E-state index contributed by atoms with van der Waals surface area (Å²) in [4.78, 5) is 0. The molecule has 0 aliphatic carbocycles. The molecule has 5 nitrogen and oxygen atoms in total. The normalized spacial score (nSPS) is 26.9. The molecule has 0 saturated carbocycles. The largest absolute Gasteiger partial charge is 0.313 e. The molecule has 0 spiro atoms. The predicted octanol–water partition coefficient (Wildman–Crippen LogP) is 0.791. The smallest absolute Gasteiger partial charge is 0.282 e. The highest BCUT2D eigenvalue weighted by Gasteiger charge is 2.32. The minimum Gasteiger partial charge on any atom is -0.313 e. The first-order chi connectivity index (χ1) is 8.64. The quantitative estimate of drug-likeness (QED) is 0.807. The number of nitrogens with one attached hydrogen (secondary N) is 1. The van der Waals surface area contributed by atoms with Crippen LogP contribution in [0.4, 0.5) is 0 Å². The van der Waals surface area contributed by atoms with Crippen molar-refractivity contribution in [1.82, 2.24) is 13.9 Å². The van der Waals surface area contributed by atoms with Gasteiger partial charge in [0.05, 0.1) is 0 Å². The van der Waals surface area contributed by atoms with E-state index in [0.29, 0.717) is 32.2 Å². The molecule has 0 aromatic rings. The SMILES string of the molecule is CCN(CC1CCCCN1)S(=O)(=O)N1CCCC1. The predicted molar refractivity (Wildman–Crippen MR) is 72.6 cm³/mol. The molecule has 1 unspecified atom stereocenters. The van der Waals surface area contributed by atoms with Crippen LogP contribution in [0.2, 0.25) is 0 Å². The second-order valence-corrected chi connectivity index (χ2v) is 7.14. The summed E-state index contributed by atoms with van der Waals surface area (Å²) in [6, 6.07) is 0.330. The summed E-state index contributed by atoms with van der Waals surface area (Å²) in [5, 5.41) is 3.42. The molecule has 18 heavy (non-hydrogen) atoms. The van der Waals surface area contributed by atoms with E-state index in [0.717, 1.165) is 25.8 Å². The van der Waals surface area contributed by atoms with Crippen LogP contribution in [0.25, 0.3) is 0 Å². The monoisotopic (exact) mass is 275 g/mol. The van der Waals surface area contributed by atoms with Crippen molar-refractivity contribution in [3.63, 3.8) is 0 Å². The summed E-state index contributed by atoms with van der Waals surface area (Å²) in [7, 11) is -3.22. The Morgan fingerprint density at radius 1 is 1.22 bits per heavy atom. The number of rotatable bonds is 5. The third-order valence-electron chi connectivity index (χ3n) is 3.91. The zero-order valence-corrected chi connectivity index (χ0v) is 12.1. The molecule has 0 bridgehead atoms. The highest BCUT2D eigenvalue weighted by atomic mass is 32.2. The van der Waals surface area contributed by atoms with Gasteiger partial charge in [-0.3, -0.25) is 0 Å². The zero-order valence-electron chi connectivity index (χ0n) is 11.3. The Hall–Kier alpha value is -0.170. The van der Waals surface area contributed by atoms with E-state index in [4.69, 9.17) is 0 Å². The number of nitrogens with zero attached hydrogens (tertiary/aromatic N) is 2. The van der Waals surface area contributed by atoms with Crippen molar-refractivity contribution in [1.29, 1.82) is 0 Å².